The summed E-state index contributed by atoms with van der Waals surface area (Å²) >= 11 is 0. The Bertz CT molecular complexity index is 1720. The van der Waals surface area contributed by atoms with E-state index in [1.807, 2.05) is 42.3 Å². The molecular weight excluding hydrogens is 579 g/mol. The molecule has 0 bridgehead atoms. The smallest absolute Gasteiger partial charge is 0.257 e. The number of aryl methyl sites for hydroxylation is 2. The number of hydrogen-bond acceptors (Lipinski definition) is 5. The molecule has 3 fully saturated rings. The standard InChI is InChI=1S/C37H43FN6O2/c1-23-6-4-8-31(38)34(23)37(46)44-33-9-5-7-25(33)21-30(36(45)41-29-14-15-32-26(20-29)22-39-43(32)3)35(44)24-10-12-27(13-11-24)40-28-16-18-42(2)19-17-28/h4,6,8,10-15,20,22,25,28,30,33,35,40H,5,7,9,16-19,21H2,1-3H3,(H,41,45). The van der Waals surface area contributed by atoms with Gasteiger partial charge in [-0.25, -0.2) is 4.39 Å². The zero-order valence-corrected chi connectivity index (χ0v) is 26.9. The van der Waals surface area contributed by atoms with Crippen molar-refractivity contribution in [3.05, 3.63) is 89.4 Å². The van der Waals surface area contributed by atoms with E-state index in [0.29, 0.717) is 23.7 Å². The largest absolute Gasteiger partial charge is 0.382 e. The van der Waals surface area contributed by atoms with Gasteiger partial charge in [0.2, 0.25) is 5.91 Å². The third-order valence-corrected chi connectivity index (χ3v) is 10.6. The molecule has 1 aromatic heterocycles. The van der Waals surface area contributed by atoms with E-state index in [0.717, 1.165) is 67.3 Å². The minimum absolute atomic E-state index is 0.0515. The van der Waals surface area contributed by atoms with Crippen molar-refractivity contribution in [3.63, 3.8) is 0 Å². The molecule has 7 rings (SSSR count). The molecule has 1 aliphatic carbocycles. The zero-order chi connectivity index (χ0) is 31.9. The van der Waals surface area contributed by atoms with Crippen LogP contribution in [0.1, 0.15) is 66.1 Å². The molecule has 4 aromatic rings. The fraction of sp³-hybridized carbons (Fsp3) is 0.432. The number of piperidine rings is 2. The maximum Gasteiger partial charge on any atom is 0.257 e. The van der Waals surface area contributed by atoms with Crippen molar-refractivity contribution in [3.8, 4) is 0 Å². The number of benzene rings is 3. The number of halogens is 1. The lowest BCUT2D eigenvalue weighted by molar-refractivity contribution is -0.125. The van der Waals surface area contributed by atoms with Crippen molar-refractivity contribution in [1.29, 1.82) is 0 Å². The number of hydrogen-bond donors (Lipinski definition) is 2. The molecule has 46 heavy (non-hydrogen) atoms. The molecule has 1 saturated carbocycles. The molecule has 2 amide bonds. The van der Waals surface area contributed by atoms with Crippen LogP contribution in [-0.4, -0.2) is 63.6 Å². The van der Waals surface area contributed by atoms with Crippen molar-refractivity contribution in [2.75, 3.05) is 30.8 Å². The molecule has 3 aromatic carbocycles. The summed E-state index contributed by atoms with van der Waals surface area (Å²) in [7, 11) is 4.05. The zero-order valence-electron chi connectivity index (χ0n) is 26.9. The van der Waals surface area contributed by atoms with Crippen LogP contribution in [0.4, 0.5) is 15.8 Å². The first-order valence-electron chi connectivity index (χ1n) is 16.6. The molecule has 3 heterocycles. The van der Waals surface area contributed by atoms with E-state index in [4.69, 9.17) is 0 Å². The normalized spacial score (nSPS) is 23.8. The first kappa shape index (κ1) is 30.4. The Morgan fingerprint density at radius 3 is 2.46 bits per heavy atom. The number of fused-ring (bicyclic) bond motifs is 2. The first-order chi connectivity index (χ1) is 22.3. The second kappa shape index (κ2) is 12.5. The highest BCUT2D eigenvalue weighted by Gasteiger charge is 2.50. The summed E-state index contributed by atoms with van der Waals surface area (Å²) < 4.78 is 17.2. The van der Waals surface area contributed by atoms with Gasteiger partial charge in [0.05, 0.1) is 29.2 Å². The second-order valence-corrected chi connectivity index (χ2v) is 13.6. The van der Waals surface area contributed by atoms with Gasteiger partial charge < -0.3 is 20.4 Å². The summed E-state index contributed by atoms with van der Waals surface area (Å²) in [6.07, 6.45) is 7.41. The lowest BCUT2D eigenvalue weighted by Crippen LogP contribution is -2.54. The fourth-order valence-corrected chi connectivity index (χ4v) is 8.11. The molecule has 0 spiro atoms. The summed E-state index contributed by atoms with van der Waals surface area (Å²) in [4.78, 5) is 33.1. The summed E-state index contributed by atoms with van der Waals surface area (Å²) in [6, 6.07) is 18.6. The maximum atomic E-state index is 15.4. The summed E-state index contributed by atoms with van der Waals surface area (Å²) in [5, 5.41) is 12.1. The highest BCUT2D eigenvalue weighted by molar-refractivity contribution is 5.99. The summed E-state index contributed by atoms with van der Waals surface area (Å²) in [5.74, 6) is -1.32. The summed E-state index contributed by atoms with van der Waals surface area (Å²) in [6.45, 7) is 3.92. The molecule has 2 aliphatic heterocycles. The Kier molecular flexibility index (Phi) is 8.27. The number of nitrogens with one attached hydrogen (secondary N) is 2. The number of nitrogens with zero attached hydrogens (tertiary/aromatic N) is 4. The molecule has 4 atom stereocenters. The van der Waals surface area contributed by atoms with Gasteiger partial charge in [-0.3, -0.25) is 14.3 Å². The first-order valence-corrected chi connectivity index (χ1v) is 16.6. The molecule has 4 unspecified atom stereocenters. The minimum Gasteiger partial charge on any atom is -0.382 e. The third-order valence-electron chi connectivity index (χ3n) is 10.6. The monoisotopic (exact) mass is 622 g/mol. The van der Waals surface area contributed by atoms with Crippen molar-refractivity contribution < 1.29 is 14.0 Å². The number of rotatable bonds is 6. The van der Waals surface area contributed by atoms with Gasteiger partial charge in [-0.2, -0.15) is 5.10 Å². The lowest BCUT2D eigenvalue weighted by Gasteiger charge is -2.48. The van der Waals surface area contributed by atoms with Crippen molar-refractivity contribution >= 4 is 34.1 Å². The van der Waals surface area contributed by atoms with Crippen molar-refractivity contribution in [2.24, 2.45) is 18.9 Å². The number of anilines is 2. The fourth-order valence-electron chi connectivity index (χ4n) is 8.11. The van der Waals surface area contributed by atoms with Crippen LogP contribution in [0.3, 0.4) is 0 Å². The second-order valence-electron chi connectivity index (χ2n) is 13.6. The Morgan fingerprint density at radius 2 is 1.70 bits per heavy atom. The van der Waals surface area contributed by atoms with Gasteiger partial charge in [0.15, 0.2) is 0 Å². The van der Waals surface area contributed by atoms with Crippen LogP contribution < -0.4 is 10.6 Å². The average molecular weight is 623 g/mol. The number of carbonyl (C=O) groups is 2. The van der Waals surface area contributed by atoms with E-state index in [1.54, 1.807) is 29.9 Å². The van der Waals surface area contributed by atoms with Gasteiger partial charge in [-0.15, -0.1) is 0 Å². The van der Waals surface area contributed by atoms with Crippen LogP contribution in [0.25, 0.3) is 10.9 Å². The molecule has 3 aliphatic rings. The number of carbonyl (C=O) groups excluding carboxylic acids is 2. The minimum atomic E-state index is -0.537. The molecule has 2 saturated heterocycles. The van der Waals surface area contributed by atoms with E-state index in [2.05, 4.69) is 39.8 Å². The van der Waals surface area contributed by atoms with Gasteiger partial charge in [0.25, 0.3) is 5.91 Å². The van der Waals surface area contributed by atoms with Crippen LogP contribution in [0, 0.1) is 24.6 Å². The predicted molar refractivity (Wildman–Crippen MR) is 179 cm³/mol. The Balaban J connectivity index is 1.25. The van der Waals surface area contributed by atoms with Crippen LogP contribution in [-0.2, 0) is 11.8 Å². The van der Waals surface area contributed by atoms with Gasteiger partial charge in [-0.1, -0.05) is 30.7 Å². The molecule has 0 radical (unpaired) electrons. The molecule has 2 N–H and O–H groups in total. The van der Waals surface area contributed by atoms with E-state index in [9.17, 15) is 9.59 Å². The molecule has 240 valence electrons. The van der Waals surface area contributed by atoms with E-state index in [-0.39, 0.29) is 29.3 Å². The van der Waals surface area contributed by atoms with Crippen molar-refractivity contribution in [2.45, 2.75) is 63.6 Å². The van der Waals surface area contributed by atoms with Crippen LogP contribution in [0.2, 0.25) is 0 Å². The Labute approximate surface area is 269 Å². The summed E-state index contributed by atoms with van der Waals surface area (Å²) in [5.41, 5.74) is 4.30. The lowest BCUT2D eigenvalue weighted by atomic mass is 9.76. The maximum absolute atomic E-state index is 15.4. The van der Waals surface area contributed by atoms with Gasteiger partial charge in [-0.05, 0) is 113 Å². The predicted octanol–water partition coefficient (Wildman–Crippen LogP) is 6.54. The molecule has 8 nitrogen and oxygen atoms in total. The van der Waals surface area contributed by atoms with Crippen molar-refractivity contribution in [1.82, 2.24) is 19.6 Å². The SMILES string of the molecule is Cc1cccc(F)c1C(=O)N1C2CCCC2CC(C(=O)Nc2ccc3c(cnn3C)c2)C1c1ccc(NC2CCN(C)CC2)cc1. The van der Waals surface area contributed by atoms with E-state index < -0.39 is 17.8 Å². The van der Waals surface area contributed by atoms with Gasteiger partial charge in [0, 0.05) is 35.9 Å². The van der Waals surface area contributed by atoms with E-state index >= 15 is 4.39 Å². The Morgan fingerprint density at radius 1 is 0.935 bits per heavy atom. The van der Waals surface area contributed by atoms with Crippen LogP contribution in [0.5, 0.6) is 0 Å². The molecule has 9 heteroatoms. The topological polar surface area (TPSA) is 82.5 Å². The quantitative estimate of drug-likeness (QED) is 0.255. The van der Waals surface area contributed by atoms with Gasteiger partial charge >= 0.3 is 0 Å². The number of likely N-dealkylation sites (tertiary alicyclic amines) is 2. The third kappa shape index (κ3) is 5.77. The van der Waals surface area contributed by atoms with Crippen LogP contribution in [0.15, 0.2) is 66.9 Å². The number of aromatic nitrogens is 2. The Hall–Kier alpha value is -4.24. The molecular formula is C37H43FN6O2. The highest BCUT2D eigenvalue weighted by atomic mass is 19.1. The van der Waals surface area contributed by atoms with E-state index in [1.165, 1.54) is 6.07 Å². The van der Waals surface area contributed by atoms with Crippen LogP contribution >= 0.6 is 0 Å². The number of amides is 2. The highest BCUT2D eigenvalue weighted by Crippen LogP contribution is 2.49. The van der Waals surface area contributed by atoms with Gasteiger partial charge in [0.1, 0.15) is 5.82 Å². The average Bonchev–Trinajstić information content (AvgIpc) is 3.67.